The number of hydrogen-bond donors (Lipinski definition) is 0. The molecule has 0 spiro atoms. The van der Waals surface area contributed by atoms with Crippen molar-refractivity contribution in [1.82, 2.24) is 0 Å². The van der Waals surface area contributed by atoms with E-state index in [0.29, 0.717) is 6.61 Å². The molecule has 1 aliphatic rings. The lowest BCUT2D eigenvalue weighted by Gasteiger charge is -2.37. The zero-order valence-corrected chi connectivity index (χ0v) is 13.8. The van der Waals surface area contributed by atoms with Gasteiger partial charge in [0.15, 0.2) is 0 Å². The normalized spacial score (nSPS) is 16.4. The Hall–Kier alpha value is -2.06. The first-order valence-corrected chi connectivity index (χ1v) is 8.33. The molecule has 0 aliphatic carbocycles. The van der Waals surface area contributed by atoms with Gasteiger partial charge >= 0.3 is 0 Å². The molecule has 3 aromatic carbocycles. The van der Waals surface area contributed by atoms with Gasteiger partial charge in [0.05, 0.1) is 19.8 Å². The van der Waals surface area contributed by atoms with E-state index in [1.807, 2.05) is 0 Å². The van der Waals surface area contributed by atoms with Crippen LogP contribution in [0.2, 0.25) is 0 Å². The molecule has 0 saturated carbocycles. The third-order valence-corrected chi connectivity index (χ3v) is 4.75. The van der Waals surface area contributed by atoms with Gasteiger partial charge in [0.25, 0.3) is 0 Å². The van der Waals surface area contributed by atoms with Gasteiger partial charge in [-0.2, -0.15) is 0 Å². The molecule has 23 heavy (non-hydrogen) atoms. The molecule has 1 heterocycles. The number of fused-ring (bicyclic) bond motifs is 2. The summed E-state index contributed by atoms with van der Waals surface area (Å²) in [7, 11) is 0. The highest BCUT2D eigenvalue weighted by Crippen LogP contribution is 2.37. The van der Waals surface area contributed by atoms with Crippen molar-refractivity contribution in [2.45, 2.75) is 20.3 Å². The van der Waals surface area contributed by atoms with E-state index in [1.54, 1.807) is 0 Å². The molecule has 2 heteroatoms. The lowest BCUT2D eigenvalue weighted by atomic mass is 9.90. The molecule has 0 aromatic heterocycles. The Labute approximate surface area is 137 Å². The zero-order chi connectivity index (χ0) is 15.9. The second-order valence-corrected chi connectivity index (χ2v) is 6.93. The summed E-state index contributed by atoms with van der Waals surface area (Å²) in [4.78, 5) is 0. The van der Waals surface area contributed by atoms with Crippen LogP contribution in [0.1, 0.15) is 19.4 Å². The van der Waals surface area contributed by atoms with E-state index in [0.717, 1.165) is 25.4 Å². The van der Waals surface area contributed by atoms with Crippen molar-refractivity contribution in [3.05, 3.63) is 54.1 Å². The van der Waals surface area contributed by atoms with Crippen LogP contribution in [0.4, 0.5) is 0 Å². The van der Waals surface area contributed by atoms with Crippen molar-refractivity contribution >= 4 is 21.5 Å². The molecule has 0 radical (unpaired) electrons. The Balaban J connectivity index is 1.87. The maximum atomic E-state index is 6.36. The van der Waals surface area contributed by atoms with Gasteiger partial charge in [-0.05, 0) is 34.9 Å². The van der Waals surface area contributed by atoms with Crippen LogP contribution in [0.3, 0.4) is 0 Å². The van der Waals surface area contributed by atoms with E-state index < -0.39 is 0 Å². The first-order chi connectivity index (χ1) is 11.2. The smallest absolute Gasteiger partial charge is 0.134 e. The zero-order valence-electron chi connectivity index (χ0n) is 13.8. The largest absolute Gasteiger partial charge is 0.492 e. The molecule has 4 rings (SSSR count). The average Bonchev–Trinajstić information content (AvgIpc) is 2.56. The van der Waals surface area contributed by atoms with E-state index in [9.17, 15) is 0 Å². The van der Waals surface area contributed by atoms with Gasteiger partial charge in [0, 0.05) is 16.2 Å². The molecule has 118 valence electrons. The van der Waals surface area contributed by atoms with E-state index in [2.05, 4.69) is 62.4 Å². The van der Waals surface area contributed by atoms with Gasteiger partial charge in [-0.3, -0.25) is 0 Å². The lowest BCUT2D eigenvalue weighted by molar-refractivity contribution is -0.120. The summed E-state index contributed by atoms with van der Waals surface area (Å²) >= 11 is 0. The van der Waals surface area contributed by atoms with Gasteiger partial charge < -0.3 is 9.47 Å². The van der Waals surface area contributed by atoms with Crippen LogP contribution in [0.5, 0.6) is 5.75 Å². The molecule has 1 saturated heterocycles. The van der Waals surface area contributed by atoms with Crippen LogP contribution in [0.15, 0.2) is 48.5 Å². The summed E-state index contributed by atoms with van der Waals surface area (Å²) in [6.45, 7) is 6.69. The molecule has 0 N–H and O–H groups in total. The monoisotopic (exact) mass is 306 g/mol. The van der Waals surface area contributed by atoms with Crippen LogP contribution in [0, 0.1) is 5.41 Å². The highest BCUT2D eigenvalue weighted by Gasteiger charge is 2.34. The minimum Gasteiger partial charge on any atom is -0.492 e. The molecule has 1 fully saturated rings. The molecule has 1 aliphatic heterocycles. The van der Waals surface area contributed by atoms with Crippen molar-refractivity contribution in [3.63, 3.8) is 0 Å². The third kappa shape index (κ3) is 2.57. The molecule has 0 atom stereocenters. The quantitative estimate of drug-likeness (QED) is 0.634. The number of ether oxygens (including phenoxy) is 2. The van der Waals surface area contributed by atoms with E-state index >= 15 is 0 Å². The minimum absolute atomic E-state index is 0.144. The van der Waals surface area contributed by atoms with Gasteiger partial charge in [-0.1, -0.05) is 50.2 Å². The first kappa shape index (κ1) is 14.5. The summed E-state index contributed by atoms with van der Waals surface area (Å²) in [6.07, 6.45) is 1.04. The molecular weight excluding hydrogens is 284 g/mol. The standard InChI is InChI=1S/C21H22O2/c1-3-15-8-9-17-11-16-6-4-5-7-18(16)20(19(17)10-15)23-14-21(2)12-22-13-21/h4-11H,3,12-14H2,1-2H3. The molecule has 0 unspecified atom stereocenters. The lowest BCUT2D eigenvalue weighted by Crippen LogP contribution is -2.44. The summed E-state index contributed by atoms with van der Waals surface area (Å²) in [5.74, 6) is 1.02. The molecule has 0 amide bonds. The maximum Gasteiger partial charge on any atom is 0.134 e. The summed E-state index contributed by atoms with van der Waals surface area (Å²) in [5.41, 5.74) is 1.49. The fourth-order valence-electron chi connectivity index (χ4n) is 3.22. The van der Waals surface area contributed by atoms with Crippen LogP contribution < -0.4 is 4.74 Å². The molecule has 0 bridgehead atoms. The predicted molar refractivity (Wildman–Crippen MR) is 95.3 cm³/mol. The highest BCUT2D eigenvalue weighted by atomic mass is 16.5. The average molecular weight is 306 g/mol. The van der Waals surface area contributed by atoms with Crippen LogP contribution in [-0.2, 0) is 11.2 Å². The fourth-order valence-corrected chi connectivity index (χ4v) is 3.22. The second-order valence-electron chi connectivity index (χ2n) is 6.93. The SMILES string of the molecule is CCc1ccc2cc3ccccc3c(OCC3(C)COC3)c2c1. The van der Waals surface area contributed by atoms with Crippen molar-refractivity contribution < 1.29 is 9.47 Å². The number of aryl methyl sites for hydroxylation is 1. The topological polar surface area (TPSA) is 18.5 Å². The number of benzene rings is 3. The van der Waals surface area contributed by atoms with Crippen molar-refractivity contribution in [3.8, 4) is 5.75 Å². The van der Waals surface area contributed by atoms with Gasteiger partial charge in [-0.15, -0.1) is 0 Å². The Bertz CT molecular complexity index is 862. The van der Waals surface area contributed by atoms with Gasteiger partial charge in [-0.25, -0.2) is 0 Å². The van der Waals surface area contributed by atoms with E-state index in [1.165, 1.54) is 27.1 Å². The van der Waals surface area contributed by atoms with Crippen LogP contribution in [0.25, 0.3) is 21.5 Å². The third-order valence-electron chi connectivity index (χ3n) is 4.75. The summed E-state index contributed by atoms with van der Waals surface area (Å²) in [5, 5.41) is 4.88. The molecular formula is C21H22O2. The van der Waals surface area contributed by atoms with Crippen LogP contribution >= 0.6 is 0 Å². The van der Waals surface area contributed by atoms with Crippen molar-refractivity contribution in [1.29, 1.82) is 0 Å². The maximum absolute atomic E-state index is 6.36. The number of rotatable bonds is 4. The minimum atomic E-state index is 0.144. The Morgan fingerprint density at radius 2 is 1.78 bits per heavy atom. The van der Waals surface area contributed by atoms with Gasteiger partial charge in [0.2, 0.25) is 0 Å². The molecule has 3 aromatic rings. The highest BCUT2D eigenvalue weighted by molar-refractivity contribution is 6.05. The van der Waals surface area contributed by atoms with Gasteiger partial charge in [0.1, 0.15) is 5.75 Å². The Morgan fingerprint density at radius 1 is 1.00 bits per heavy atom. The van der Waals surface area contributed by atoms with E-state index in [-0.39, 0.29) is 5.41 Å². The van der Waals surface area contributed by atoms with Crippen molar-refractivity contribution in [2.24, 2.45) is 5.41 Å². The fraction of sp³-hybridized carbons (Fsp3) is 0.333. The first-order valence-electron chi connectivity index (χ1n) is 8.33. The Morgan fingerprint density at radius 3 is 2.52 bits per heavy atom. The van der Waals surface area contributed by atoms with Crippen molar-refractivity contribution in [2.75, 3.05) is 19.8 Å². The van der Waals surface area contributed by atoms with Crippen LogP contribution in [-0.4, -0.2) is 19.8 Å². The second kappa shape index (κ2) is 5.54. The molecule has 2 nitrogen and oxygen atoms in total. The van der Waals surface area contributed by atoms with E-state index in [4.69, 9.17) is 9.47 Å². The predicted octanol–water partition coefficient (Wildman–Crippen LogP) is 4.97. The number of hydrogen-bond acceptors (Lipinski definition) is 2. The summed E-state index contributed by atoms with van der Waals surface area (Å²) in [6, 6.07) is 17.4. The Kier molecular flexibility index (Phi) is 3.50. The summed E-state index contributed by atoms with van der Waals surface area (Å²) < 4.78 is 11.7.